The van der Waals surface area contributed by atoms with Crippen LogP contribution >= 0.6 is 0 Å². The molecule has 0 aromatic carbocycles. The lowest BCUT2D eigenvalue weighted by Gasteiger charge is -2.38. The number of amidine groups is 1. The third-order valence-electron chi connectivity index (χ3n) is 5.70. The number of piperidine rings is 1. The molecule has 0 radical (unpaired) electrons. The van der Waals surface area contributed by atoms with E-state index in [-0.39, 0.29) is 12.5 Å². The fraction of sp³-hybridized carbons (Fsp3) is 0.833. The van der Waals surface area contributed by atoms with Crippen LogP contribution < -0.4 is 11.1 Å². The minimum Gasteiger partial charge on any atom is -0.427 e. The third kappa shape index (κ3) is 5.59. The Morgan fingerprint density at radius 2 is 1.71 bits per heavy atom. The highest BCUT2D eigenvalue weighted by Gasteiger charge is 2.52. The molecular formula is C18H29F3N4O3. The number of hydrogen-bond donors (Lipinski definition) is 3. The van der Waals surface area contributed by atoms with E-state index in [1.54, 1.807) is 6.92 Å². The molecule has 2 fully saturated rings. The first-order valence-electron chi connectivity index (χ1n) is 9.71. The van der Waals surface area contributed by atoms with Crippen molar-refractivity contribution in [3.05, 3.63) is 0 Å². The normalized spacial score (nSPS) is 21.7. The molecule has 2 aliphatic rings. The van der Waals surface area contributed by atoms with Crippen molar-refractivity contribution in [1.29, 1.82) is 5.41 Å². The van der Waals surface area contributed by atoms with E-state index in [0.717, 1.165) is 32.1 Å². The van der Waals surface area contributed by atoms with Gasteiger partial charge in [-0.25, -0.2) is 4.79 Å². The molecule has 0 aromatic heterocycles. The summed E-state index contributed by atoms with van der Waals surface area (Å²) in [6, 6.07) is 0. The van der Waals surface area contributed by atoms with E-state index in [1.165, 1.54) is 0 Å². The average Bonchev–Trinajstić information content (AvgIpc) is 2.66. The maximum atomic E-state index is 12.7. The van der Waals surface area contributed by atoms with Crippen molar-refractivity contribution < 1.29 is 27.5 Å². The quantitative estimate of drug-likeness (QED) is 0.281. The van der Waals surface area contributed by atoms with Gasteiger partial charge >= 0.3 is 12.1 Å². The number of ether oxygens (including phenoxy) is 1. The molecule has 160 valence electrons. The van der Waals surface area contributed by atoms with Gasteiger partial charge in [-0.2, -0.15) is 13.2 Å². The van der Waals surface area contributed by atoms with E-state index in [9.17, 15) is 22.8 Å². The van der Waals surface area contributed by atoms with Crippen LogP contribution in [0.1, 0.15) is 51.9 Å². The van der Waals surface area contributed by atoms with Crippen LogP contribution in [0.2, 0.25) is 0 Å². The van der Waals surface area contributed by atoms with Crippen molar-refractivity contribution in [3.63, 3.8) is 0 Å². The molecule has 1 unspecified atom stereocenters. The summed E-state index contributed by atoms with van der Waals surface area (Å²) in [6.07, 6.45) is -0.481. The largest absolute Gasteiger partial charge is 0.491 e. The number of likely N-dealkylation sites (tertiary alicyclic amines) is 1. The summed E-state index contributed by atoms with van der Waals surface area (Å²) in [7, 11) is 0. The van der Waals surface area contributed by atoms with Gasteiger partial charge in [0.05, 0.1) is 5.84 Å². The lowest BCUT2D eigenvalue weighted by Crippen LogP contribution is -2.63. The second kappa shape index (κ2) is 9.11. The second-order valence-electron chi connectivity index (χ2n) is 7.74. The third-order valence-corrected chi connectivity index (χ3v) is 5.70. The fourth-order valence-corrected chi connectivity index (χ4v) is 3.91. The summed E-state index contributed by atoms with van der Waals surface area (Å²) in [4.78, 5) is 26.0. The molecular weight excluding hydrogens is 377 g/mol. The van der Waals surface area contributed by atoms with Gasteiger partial charge in [0.1, 0.15) is 0 Å². The Morgan fingerprint density at radius 3 is 2.21 bits per heavy atom. The van der Waals surface area contributed by atoms with Crippen molar-refractivity contribution in [3.8, 4) is 0 Å². The van der Waals surface area contributed by atoms with Crippen LogP contribution in [-0.2, 0) is 14.3 Å². The summed E-state index contributed by atoms with van der Waals surface area (Å²) in [6.45, 7) is 3.34. The SMILES string of the molecule is CC(=N)N1CCC(CNC(=O)C(N)(OC(=O)C(F)(F)F)C2CCCCC2)CC1. The zero-order valence-electron chi connectivity index (χ0n) is 16.1. The molecule has 1 aliphatic carbocycles. The number of alkyl halides is 3. The van der Waals surface area contributed by atoms with E-state index < -0.39 is 29.7 Å². The average molecular weight is 406 g/mol. The van der Waals surface area contributed by atoms with Gasteiger partial charge in [0.25, 0.3) is 5.91 Å². The molecule has 10 heteroatoms. The Kier molecular flexibility index (Phi) is 7.30. The lowest BCUT2D eigenvalue weighted by molar-refractivity contribution is -0.219. The number of halogens is 3. The number of nitrogens with two attached hydrogens (primary N) is 1. The van der Waals surface area contributed by atoms with Crippen molar-refractivity contribution in [1.82, 2.24) is 10.2 Å². The maximum absolute atomic E-state index is 12.7. The van der Waals surface area contributed by atoms with E-state index in [2.05, 4.69) is 10.1 Å². The van der Waals surface area contributed by atoms with Crippen LogP contribution in [0.4, 0.5) is 13.2 Å². The number of hydrogen-bond acceptors (Lipinski definition) is 5. The topological polar surface area (TPSA) is 109 Å². The van der Waals surface area contributed by atoms with Gasteiger partial charge in [0.15, 0.2) is 0 Å². The summed E-state index contributed by atoms with van der Waals surface area (Å²) < 4.78 is 42.7. The van der Waals surface area contributed by atoms with E-state index in [4.69, 9.17) is 11.1 Å². The Bertz CT molecular complexity index is 585. The minimum absolute atomic E-state index is 0.133. The molecule has 2 rings (SSSR count). The predicted octanol–water partition coefficient (Wildman–Crippen LogP) is 2.15. The van der Waals surface area contributed by atoms with E-state index in [1.807, 2.05) is 4.90 Å². The predicted molar refractivity (Wildman–Crippen MR) is 96.3 cm³/mol. The standard InChI is InChI=1S/C18H29F3N4O3/c1-12(22)25-9-7-13(8-10-25)11-24-15(26)17(23,14-5-3-2-4-6-14)28-16(27)18(19,20)21/h13-14,22H,2-11,23H2,1H3,(H,24,26). The molecule has 0 spiro atoms. The molecule has 28 heavy (non-hydrogen) atoms. The zero-order valence-corrected chi connectivity index (χ0v) is 16.1. The van der Waals surface area contributed by atoms with Crippen molar-refractivity contribution in [2.24, 2.45) is 17.6 Å². The molecule has 1 saturated heterocycles. The summed E-state index contributed by atoms with van der Waals surface area (Å²) in [5.41, 5.74) is 3.68. The monoisotopic (exact) mass is 406 g/mol. The Labute approximate surface area is 162 Å². The van der Waals surface area contributed by atoms with Crippen LogP contribution in [0.15, 0.2) is 0 Å². The number of rotatable bonds is 5. The molecule has 0 aromatic rings. The minimum atomic E-state index is -5.21. The van der Waals surface area contributed by atoms with Crippen molar-refractivity contribution in [2.45, 2.75) is 63.8 Å². The maximum Gasteiger partial charge on any atom is 0.491 e. The Morgan fingerprint density at radius 1 is 1.14 bits per heavy atom. The van der Waals surface area contributed by atoms with Gasteiger partial charge < -0.3 is 15.0 Å². The summed E-state index contributed by atoms with van der Waals surface area (Å²) >= 11 is 0. The van der Waals surface area contributed by atoms with Gasteiger partial charge in [-0.3, -0.25) is 15.9 Å². The van der Waals surface area contributed by atoms with Crippen LogP contribution in [0.25, 0.3) is 0 Å². The van der Waals surface area contributed by atoms with E-state index in [0.29, 0.717) is 31.8 Å². The fourth-order valence-electron chi connectivity index (χ4n) is 3.91. The van der Waals surface area contributed by atoms with E-state index >= 15 is 0 Å². The molecule has 1 amide bonds. The van der Waals surface area contributed by atoms with Crippen LogP contribution in [-0.4, -0.2) is 54.1 Å². The van der Waals surface area contributed by atoms with Gasteiger partial charge in [-0.15, -0.1) is 0 Å². The molecule has 0 bridgehead atoms. The first kappa shape index (κ1) is 22.4. The summed E-state index contributed by atoms with van der Waals surface area (Å²) in [5, 5.41) is 10.2. The smallest absolute Gasteiger partial charge is 0.427 e. The second-order valence-corrected chi connectivity index (χ2v) is 7.74. The summed E-state index contributed by atoms with van der Waals surface area (Å²) in [5.74, 6) is -3.34. The number of amides is 1. The zero-order chi connectivity index (χ0) is 20.9. The molecule has 1 atom stereocenters. The molecule has 1 heterocycles. The molecule has 1 aliphatic heterocycles. The number of carbonyl (C=O) groups is 2. The Balaban J connectivity index is 2.00. The van der Waals surface area contributed by atoms with Gasteiger partial charge in [0, 0.05) is 25.6 Å². The number of esters is 1. The first-order valence-corrected chi connectivity index (χ1v) is 9.71. The number of nitrogens with zero attached hydrogens (tertiary/aromatic N) is 1. The lowest BCUT2D eigenvalue weighted by atomic mass is 9.81. The molecule has 7 nitrogen and oxygen atoms in total. The van der Waals surface area contributed by atoms with Crippen molar-refractivity contribution >= 4 is 17.7 Å². The van der Waals surface area contributed by atoms with Crippen LogP contribution in [0, 0.1) is 17.2 Å². The highest BCUT2D eigenvalue weighted by Crippen LogP contribution is 2.34. The Hall–Kier alpha value is -1.84. The van der Waals surface area contributed by atoms with Gasteiger partial charge in [0.2, 0.25) is 5.72 Å². The molecule has 4 N–H and O–H groups in total. The number of nitrogens with one attached hydrogen (secondary N) is 2. The van der Waals surface area contributed by atoms with Gasteiger partial charge in [-0.1, -0.05) is 19.3 Å². The van der Waals surface area contributed by atoms with Crippen molar-refractivity contribution in [2.75, 3.05) is 19.6 Å². The molecule has 1 saturated carbocycles. The highest BCUT2D eigenvalue weighted by atomic mass is 19.4. The van der Waals surface area contributed by atoms with Crippen LogP contribution in [0.5, 0.6) is 0 Å². The first-order chi connectivity index (χ1) is 13.0. The number of carbonyl (C=O) groups excluding carboxylic acids is 2. The highest BCUT2D eigenvalue weighted by molar-refractivity contribution is 5.88. The van der Waals surface area contributed by atoms with Crippen LogP contribution in [0.3, 0.4) is 0 Å². The van der Waals surface area contributed by atoms with Gasteiger partial charge in [-0.05, 0) is 38.5 Å².